The highest BCUT2D eigenvalue weighted by molar-refractivity contribution is 7.03. The first kappa shape index (κ1) is 20.7. The lowest BCUT2D eigenvalue weighted by Crippen LogP contribution is -2.46. The van der Waals surface area contributed by atoms with E-state index in [-0.39, 0.29) is 29.6 Å². The largest absolute Gasteiger partial charge is 0.497 e. The number of carbonyl (C=O) groups excluding carboxylic acids is 2. The zero-order chi connectivity index (χ0) is 21.1. The number of ether oxygens (including phenoxy) is 1. The molecule has 2 aromatic rings. The molecule has 1 aromatic heterocycles. The lowest BCUT2D eigenvalue weighted by atomic mass is 9.87. The first-order chi connectivity index (χ1) is 14.5. The molecule has 2 amide bonds. The van der Waals surface area contributed by atoms with Gasteiger partial charge in [-0.2, -0.15) is 0 Å². The molecule has 2 fully saturated rings. The van der Waals surface area contributed by atoms with Crippen LogP contribution in [0.15, 0.2) is 29.6 Å². The second kappa shape index (κ2) is 9.09. The summed E-state index contributed by atoms with van der Waals surface area (Å²) < 4.78 is 9.42. The van der Waals surface area contributed by atoms with Crippen molar-refractivity contribution in [1.82, 2.24) is 19.4 Å². The number of likely N-dealkylation sites (tertiary alicyclic amines) is 2. The maximum atomic E-state index is 13.1. The monoisotopic (exact) mass is 429 g/mol. The van der Waals surface area contributed by atoms with Crippen molar-refractivity contribution in [2.75, 3.05) is 39.8 Å². The number of methoxy groups -OCH3 is 1. The summed E-state index contributed by atoms with van der Waals surface area (Å²) in [7, 11) is 1.66. The molecule has 0 saturated carbocycles. The van der Waals surface area contributed by atoms with E-state index in [1.807, 2.05) is 28.5 Å². The fourth-order valence-electron chi connectivity index (χ4n) is 4.57. The topological polar surface area (TPSA) is 102 Å². The standard InChI is InChI=1S/C21H27N5O3S/c1-29-16-6-2-4-14(8-16)17-10-26(11-18(17)19-13-30-24-23-19)20(27)12-25-7-3-5-15(9-25)21(22)28/h2,4,6,8,13,15,17-18H,3,5,7,9-12H2,1H3,(H2,22,28)/t15?,17-,18+/m0/s1. The van der Waals surface area contributed by atoms with Crippen LogP contribution in [0.5, 0.6) is 5.75 Å². The minimum absolute atomic E-state index is 0.0821. The molecule has 4 rings (SSSR count). The Balaban J connectivity index is 1.49. The predicted molar refractivity (Wildman–Crippen MR) is 113 cm³/mol. The summed E-state index contributed by atoms with van der Waals surface area (Å²) in [6, 6.07) is 8.02. The Morgan fingerprint density at radius 1 is 1.27 bits per heavy atom. The molecule has 0 aliphatic carbocycles. The van der Waals surface area contributed by atoms with Gasteiger partial charge in [0.15, 0.2) is 0 Å². The SMILES string of the molecule is COc1cccc([C@@H]2CN(C(=O)CN3CCCC(C(N)=O)C3)C[C@H]2c2csnn2)c1. The van der Waals surface area contributed by atoms with Gasteiger partial charge in [-0.05, 0) is 48.6 Å². The summed E-state index contributed by atoms with van der Waals surface area (Å²) in [6.07, 6.45) is 1.70. The summed E-state index contributed by atoms with van der Waals surface area (Å²) >= 11 is 1.33. The number of hydrogen-bond acceptors (Lipinski definition) is 7. The maximum absolute atomic E-state index is 13.1. The van der Waals surface area contributed by atoms with E-state index in [1.165, 1.54) is 11.5 Å². The highest BCUT2D eigenvalue weighted by Gasteiger charge is 2.39. The molecule has 3 atom stereocenters. The molecule has 30 heavy (non-hydrogen) atoms. The van der Waals surface area contributed by atoms with E-state index in [2.05, 4.69) is 20.6 Å². The van der Waals surface area contributed by atoms with Crippen molar-refractivity contribution < 1.29 is 14.3 Å². The van der Waals surface area contributed by atoms with Crippen molar-refractivity contribution in [2.45, 2.75) is 24.7 Å². The Hall–Kier alpha value is -2.52. The van der Waals surface area contributed by atoms with Crippen LogP contribution in [-0.2, 0) is 9.59 Å². The number of nitrogens with zero attached hydrogens (tertiary/aromatic N) is 4. The Bertz CT molecular complexity index is 891. The minimum atomic E-state index is -0.275. The quantitative estimate of drug-likeness (QED) is 0.746. The molecule has 1 unspecified atom stereocenters. The molecule has 160 valence electrons. The number of nitrogens with two attached hydrogens (primary N) is 1. The smallest absolute Gasteiger partial charge is 0.236 e. The lowest BCUT2D eigenvalue weighted by Gasteiger charge is -2.31. The van der Waals surface area contributed by atoms with Gasteiger partial charge in [0.1, 0.15) is 5.75 Å². The lowest BCUT2D eigenvalue weighted by molar-refractivity contribution is -0.133. The van der Waals surface area contributed by atoms with Crippen LogP contribution in [0.25, 0.3) is 0 Å². The Morgan fingerprint density at radius 2 is 2.10 bits per heavy atom. The Morgan fingerprint density at radius 3 is 2.83 bits per heavy atom. The van der Waals surface area contributed by atoms with Crippen LogP contribution >= 0.6 is 11.5 Å². The predicted octanol–water partition coefficient (Wildman–Crippen LogP) is 1.45. The molecule has 8 nitrogen and oxygen atoms in total. The maximum Gasteiger partial charge on any atom is 0.236 e. The van der Waals surface area contributed by atoms with Crippen LogP contribution in [0.1, 0.15) is 35.9 Å². The van der Waals surface area contributed by atoms with E-state index in [0.29, 0.717) is 26.2 Å². The van der Waals surface area contributed by atoms with Crippen LogP contribution in [-0.4, -0.2) is 71.0 Å². The average molecular weight is 430 g/mol. The molecule has 2 saturated heterocycles. The highest BCUT2D eigenvalue weighted by atomic mass is 32.1. The van der Waals surface area contributed by atoms with Gasteiger partial charge in [0.2, 0.25) is 11.8 Å². The first-order valence-corrected chi connectivity index (χ1v) is 11.1. The van der Waals surface area contributed by atoms with Gasteiger partial charge in [-0.25, -0.2) is 0 Å². The van der Waals surface area contributed by atoms with E-state index in [9.17, 15) is 9.59 Å². The average Bonchev–Trinajstić information content (AvgIpc) is 3.44. The third-order valence-electron chi connectivity index (χ3n) is 6.22. The summed E-state index contributed by atoms with van der Waals surface area (Å²) in [4.78, 5) is 28.6. The number of hydrogen-bond donors (Lipinski definition) is 1. The molecule has 2 N–H and O–H groups in total. The molecule has 9 heteroatoms. The van der Waals surface area contributed by atoms with Crippen molar-refractivity contribution >= 4 is 23.3 Å². The zero-order valence-corrected chi connectivity index (χ0v) is 17.9. The number of rotatable bonds is 6. The van der Waals surface area contributed by atoms with E-state index in [1.54, 1.807) is 7.11 Å². The van der Waals surface area contributed by atoms with Crippen LogP contribution in [0.3, 0.4) is 0 Å². The second-order valence-corrected chi connectivity index (χ2v) is 8.70. The van der Waals surface area contributed by atoms with Crippen LogP contribution in [0.4, 0.5) is 0 Å². The molecule has 0 radical (unpaired) electrons. The van der Waals surface area contributed by atoms with Crippen molar-refractivity contribution in [3.8, 4) is 5.75 Å². The molecule has 3 heterocycles. The van der Waals surface area contributed by atoms with Crippen LogP contribution < -0.4 is 10.5 Å². The van der Waals surface area contributed by atoms with E-state index in [4.69, 9.17) is 10.5 Å². The van der Waals surface area contributed by atoms with Crippen molar-refractivity contribution in [2.24, 2.45) is 11.7 Å². The summed E-state index contributed by atoms with van der Waals surface area (Å²) in [6.45, 7) is 2.94. The van der Waals surface area contributed by atoms with Crippen LogP contribution in [0.2, 0.25) is 0 Å². The van der Waals surface area contributed by atoms with Crippen molar-refractivity contribution in [3.05, 3.63) is 40.9 Å². The number of amides is 2. The summed E-state index contributed by atoms with van der Waals surface area (Å²) in [5.41, 5.74) is 7.54. The third kappa shape index (κ3) is 4.46. The number of piperidine rings is 1. The number of benzene rings is 1. The van der Waals surface area contributed by atoms with Gasteiger partial charge in [0, 0.05) is 36.9 Å². The molecular formula is C21H27N5O3S. The summed E-state index contributed by atoms with van der Waals surface area (Å²) in [5, 5.41) is 6.26. The molecule has 2 aliphatic rings. The fraction of sp³-hybridized carbons (Fsp3) is 0.524. The normalized spacial score (nSPS) is 24.7. The minimum Gasteiger partial charge on any atom is -0.497 e. The second-order valence-electron chi connectivity index (χ2n) is 8.09. The van der Waals surface area contributed by atoms with Gasteiger partial charge < -0.3 is 15.4 Å². The summed E-state index contributed by atoms with van der Waals surface area (Å²) in [5.74, 6) is 0.676. The van der Waals surface area contributed by atoms with Gasteiger partial charge in [0.25, 0.3) is 0 Å². The molecular weight excluding hydrogens is 402 g/mol. The van der Waals surface area contributed by atoms with Gasteiger partial charge in [0.05, 0.1) is 25.3 Å². The zero-order valence-electron chi connectivity index (χ0n) is 17.1. The molecule has 0 spiro atoms. The number of primary amides is 1. The van der Waals surface area contributed by atoms with Crippen molar-refractivity contribution in [1.29, 1.82) is 0 Å². The van der Waals surface area contributed by atoms with Gasteiger partial charge in [-0.3, -0.25) is 14.5 Å². The first-order valence-electron chi connectivity index (χ1n) is 10.3. The van der Waals surface area contributed by atoms with Crippen molar-refractivity contribution in [3.63, 3.8) is 0 Å². The number of carbonyl (C=O) groups is 2. The fourth-order valence-corrected chi connectivity index (χ4v) is 5.09. The third-order valence-corrected chi connectivity index (χ3v) is 6.74. The van der Waals surface area contributed by atoms with E-state index in [0.717, 1.165) is 36.4 Å². The Labute approximate surface area is 180 Å². The van der Waals surface area contributed by atoms with E-state index >= 15 is 0 Å². The number of aromatic nitrogens is 2. The molecule has 2 aliphatic heterocycles. The van der Waals surface area contributed by atoms with Gasteiger partial charge >= 0.3 is 0 Å². The van der Waals surface area contributed by atoms with Crippen LogP contribution in [0, 0.1) is 5.92 Å². The molecule has 0 bridgehead atoms. The Kier molecular flexibility index (Phi) is 6.29. The molecule has 1 aromatic carbocycles. The van der Waals surface area contributed by atoms with E-state index < -0.39 is 0 Å². The highest BCUT2D eigenvalue weighted by Crippen LogP contribution is 2.40. The van der Waals surface area contributed by atoms with Gasteiger partial charge in [-0.15, -0.1) is 5.10 Å². The van der Waals surface area contributed by atoms with Gasteiger partial charge in [-0.1, -0.05) is 16.6 Å².